The molecule has 1 aromatic rings. The smallest absolute Gasteiger partial charge is 0.269 e. The standard InChI is InChI=1S/C11H17N3O2/c1-8-6-10(14(2)13-8)11(15)12-7-9-4-3-5-16-9/h6,9H,3-5,7H2,1-2H3,(H,12,15). The lowest BCUT2D eigenvalue weighted by atomic mass is 10.2. The normalized spacial score (nSPS) is 20.0. The van der Waals surface area contributed by atoms with E-state index in [1.54, 1.807) is 17.8 Å². The molecule has 0 aromatic carbocycles. The minimum atomic E-state index is -0.0846. The molecule has 1 unspecified atom stereocenters. The fourth-order valence-electron chi connectivity index (χ4n) is 1.93. The van der Waals surface area contributed by atoms with E-state index in [4.69, 9.17) is 4.74 Å². The van der Waals surface area contributed by atoms with Crippen LogP contribution >= 0.6 is 0 Å². The molecule has 1 fully saturated rings. The van der Waals surface area contributed by atoms with Crippen LogP contribution in [0.1, 0.15) is 29.0 Å². The lowest BCUT2D eigenvalue weighted by molar-refractivity contribution is 0.0850. The van der Waals surface area contributed by atoms with E-state index in [9.17, 15) is 4.79 Å². The van der Waals surface area contributed by atoms with E-state index in [2.05, 4.69) is 10.4 Å². The molecule has 1 aromatic heterocycles. The molecule has 5 heteroatoms. The molecule has 0 radical (unpaired) electrons. The highest BCUT2D eigenvalue weighted by Crippen LogP contribution is 2.11. The monoisotopic (exact) mass is 223 g/mol. The molecule has 0 aliphatic carbocycles. The molecule has 2 heterocycles. The minimum absolute atomic E-state index is 0.0846. The summed E-state index contributed by atoms with van der Waals surface area (Å²) in [5.41, 5.74) is 1.44. The zero-order valence-corrected chi connectivity index (χ0v) is 9.69. The quantitative estimate of drug-likeness (QED) is 0.818. The molecule has 0 saturated carbocycles. The number of hydrogen-bond acceptors (Lipinski definition) is 3. The van der Waals surface area contributed by atoms with Gasteiger partial charge >= 0.3 is 0 Å². The Labute approximate surface area is 94.8 Å². The highest BCUT2D eigenvalue weighted by molar-refractivity contribution is 5.92. The van der Waals surface area contributed by atoms with E-state index in [1.807, 2.05) is 6.92 Å². The Balaban J connectivity index is 1.90. The predicted octanol–water partition coefficient (Wildman–Crippen LogP) is 0.637. The van der Waals surface area contributed by atoms with Gasteiger partial charge in [0.05, 0.1) is 11.8 Å². The first-order valence-corrected chi connectivity index (χ1v) is 5.57. The van der Waals surface area contributed by atoms with Crippen LogP contribution < -0.4 is 5.32 Å². The number of nitrogens with zero attached hydrogens (tertiary/aromatic N) is 2. The van der Waals surface area contributed by atoms with Gasteiger partial charge in [0.2, 0.25) is 0 Å². The third kappa shape index (κ3) is 2.41. The first kappa shape index (κ1) is 11.1. The number of aromatic nitrogens is 2. The SMILES string of the molecule is Cc1cc(C(=O)NCC2CCCO2)n(C)n1. The van der Waals surface area contributed by atoms with Gasteiger partial charge in [-0.25, -0.2) is 0 Å². The molecule has 88 valence electrons. The maximum atomic E-state index is 11.8. The largest absolute Gasteiger partial charge is 0.376 e. The van der Waals surface area contributed by atoms with Crippen molar-refractivity contribution in [2.45, 2.75) is 25.9 Å². The fourth-order valence-corrected chi connectivity index (χ4v) is 1.93. The molecular formula is C11H17N3O2. The van der Waals surface area contributed by atoms with Crippen LogP contribution in [0, 0.1) is 6.92 Å². The Kier molecular flexibility index (Phi) is 3.24. The summed E-state index contributed by atoms with van der Waals surface area (Å²) in [6.45, 7) is 3.27. The van der Waals surface area contributed by atoms with Crippen LogP contribution in [-0.2, 0) is 11.8 Å². The summed E-state index contributed by atoms with van der Waals surface area (Å²) >= 11 is 0. The summed E-state index contributed by atoms with van der Waals surface area (Å²) in [7, 11) is 1.77. The van der Waals surface area contributed by atoms with Gasteiger partial charge < -0.3 is 10.1 Å². The molecule has 1 saturated heterocycles. The average Bonchev–Trinajstić information content (AvgIpc) is 2.84. The maximum Gasteiger partial charge on any atom is 0.269 e. The molecule has 1 amide bonds. The number of ether oxygens (including phenoxy) is 1. The van der Waals surface area contributed by atoms with E-state index < -0.39 is 0 Å². The molecule has 16 heavy (non-hydrogen) atoms. The summed E-state index contributed by atoms with van der Waals surface area (Å²) in [6.07, 6.45) is 2.30. The van der Waals surface area contributed by atoms with E-state index in [-0.39, 0.29) is 12.0 Å². The third-order valence-corrected chi connectivity index (χ3v) is 2.75. The van der Waals surface area contributed by atoms with Crippen LogP contribution in [0.2, 0.25) is 0 Å². The van der Waals surface area contributed by atoms with E-state index in [0.29, 0.717) is 12.2 Å². The number of hydrogen-bond donors (Lipinski definition) is 1. The number of aryl methyl sites for hydroxylation is 2. The second-order valence-electron chi connectivity index (χ2n) is 4.14. The zero-order valence-electron chi connectivity index (χ0n) is 9.69. The van der Waals surface area contributed by atoms with E-state index in [0.717, 1.165) is 25.1 Å². The van der Waals surface area contributed by atoms with E-state index in [1.165, 1.54) is 0 Å². The highest BCUT2D eigenvalue weighted by atomic mass is 16.5. The van der Waals surface area contributed by atoms with Crippen molar-refractivity contribution in [3.63, 3.8) is 0 Å². The maximum absolute atomic E-state index is 11.8. The van der Waals surface area contributed by atoms with Crippen molar-refractivity contribution in [3.05, 3.63) is 17.5 Å². The second-order valence-corrected chi connectivity index (χ2v) is 4.14. The third-order valence-electron chi connectivity index (χ3n) is 2.75. The first-order chi connectivity index (χ1) is 7.66. The number of carbonyl (C=O) groups excluding carboxylic acids is 1. The van der Waals surface area contributed by atoms with Crippen LogP contribution in [0.25, 0.3) is 0 Å². The second kappa shape index (κ2) is 4.65. The van der Waals surface area contributed by atoms with Gasteiger partial charge in [-0.3, -0.25) is 9.48 Å². The first-order valence-electron chi connectivity index (χ1n) is 5.57. The summed E-state index contributed by atoms with van der Waals surface area (Å²) in [5.74, 6) is -0.0846. The number of amides is 1. The lowest BCUT2D eigenvalue weighted by Gasteiger charge is -2.10. The number of rotatable bonds is 3. The van der Waals surface area contributed by atoms with Crippen molar-refractivity contribution in [2.24, 2.45) is 7.05 Å². The van der Waals surface area contributed by atoms with Crippen LogP contribution in [0.5, 0.6) is 0 Å². The van der Waals surface area contributed by atoms with Crippen molar-refractivity contribution in [1.82, 2.24) is 15.1 Å². The minimum Gasteiger partial charge on any atom is -0.376 e. The van der Waals surface area contributed by atoms with Crippen LogP contribution in [0.3, 0.4) is 0 Å². The van der Waals surface area contributed by atoms with Crippen LogP contribution in [0.15, 0.2) is 6.07 Å². The Morgan fingerprint density at radius 1 is 1.75 bits per heavy atom. The van der Waals surface area contributed by atoms with Gasteiger partial charge in [-0.1, -0.05) is 0 Å². The summed E-state index contributed by atoms with van der Waals surface area (Å²) < 4.78 is 7.03. The molecule has 0 spiro atoms. The van der Waals surface area contributed by atoms with Crippen molar-refractivity contribution < 1.29 is 9.53 Å². The van der Waals surface area contributed by atoms with Crippen molar-refractivity contribution in [3.8, 4) is 0 Å². The fraction of sp³-hybridized carbons (Fsp3) is 0.636. The number of carbonyl (C=O) groups is 1. The van der Waals surface area contributed by atoms with Gasteiger partial charge in [-0.05, 0) is 25.8 Å². The summed E-state index contributed by atoms with van der Waals surface area (Å²) in [6, 6.07) is 1.78. The Hall–Kier alpha value is -1.36. The predicted molar refractivity (Wildman–Crippen MR) is 59.3 cm³/mol. The van der Waals surface area contributed by atoms with Crippen LogP contribution in [-0.4, -0.2) is 34.9 Å². The zero-order chi connectivity index (χ0) is 11.5. The number of nitrogens with one attached hydrogen (secondary N) is 1. The molecule has 1 aliphatic rings. The van der Waals surface area contributed by atoms with Crippen molar-refractivity contribution in [2.75, 3.05) is 13.2 Å². The Bertz CT molecular complexity index is 381. The van der Waals surface area contributed by atoms with Gasteiger partial charge in [0, 0.05) is 20.2 Å². The van der Waals surface area contributed by atoms with Crippen molar-refractivity contribution >= 4 is 5.91 Å². The molecular weight excluding hydrogens is 206 g/mol. The molecule has 0 bridgehead atoms. The Morgan fingerprint density at radius 3 is 3.12 bits per heavy atom. The van der Waals surface area contributed by atoms with Gasteiger partial charge in [-0.15, -0.1) is 0 Å². The van der Waals surface area contributed by atoms with Crippen LogP contribution in [0.4, 0.5) is 0 Å². The highest BCUT2D eigenvalue weighted by Gasteiger charge is 2.18. The van der Waals surface area contributed by atoms with E-state index >= 15 is 0 Å². The molecule has 1 N–H and O–H groups in total. The molecule has 5 nitrogen and oxygen atoms in total. The molecule has 1 atom stereocenters. The average molecular weight is 223 g/mol. The summed E-state index contributed by atoms with van der Waals surface area (Å²) in [5, 5.41) is 7.01. The Morgan fingerprint density at radius 2 is 2.56 bits per heavy atom. The van der Waals surface area contributed by atoms with Gasteiger partial charge in [0.15, 0.2) is 0 Å². The molecule has 2 rings (SSSR count). The van der Waals surface area contributed by atoms with Gasteiger partial charge in [0.1, 0.15) is 5.69 Å². The topological polar surface area (TPSA) is 56.1 Å². The van der Waals surface area contributed by atoms with Crippen molar-refractivity contribution in [1.29, 1.82) is 0 Å². The van der Waals surface area contributed by atoms with Gasteiger partial charge in [0.25, 0.3) is 5.91 Å². The molecule has 1 aliphatic heterocycles. The lowest BCUT2D eigenvalue weighted by Crippen LogP contribution is -2.32. The summed E-state index contributed by atoms with van der Waals surface area (Å²) in [4.78, 5) is 11.8. The van der Waals surface area contributed by atoms with Gasteiger partial charge in [-0.2, -0.15) is 5.10 Å².